The van der Waals surface area contributed by atoms with Gasteiger partial charge in [0.15, 0.2) is 0 Å². The molecule has 0 saturated carbocycles. The highest BCUT2D eigenvalue weighted by atomic mass is 19.4. The lowest BCUT2D eigenvalue weighted by Gasteiger charge is -2.11. The Labute approximate surface area is 170 Å². The molecule has 1 N–H and O–H groups in total. The Morgan fingerprint density at radius 1 is 1.00 bits per heavy atom. The second-order valence-electron chi connectivity index (χ2n) is 6.56. The van der Waals surface area contributed by atoms with Gasteiger partial charge in [-0.05, 0) is 35.4 Å². The first-order chi connectivity index (χ1) is 14.3. The molecule has 1 aromatic heterocycles. The van der Waals surface area contributed by atoms with Crippen LogP contribution in [0.15, 0.2) is 83.3 Å². The summed E-state index contributed by atoms with van der Waals surface area (Å²) in [5.41, 5.74) is 0.389. The SMILES string of the molecule is O=C(OCc1cccc(C(F)(F)F)c1)C(=Cc1ccccc1)Cc1ccc[nH]c1=O. The molecular weight excluding hydrogens is 395 g/mol. The number of H-pyrrole nitrogens is 1. The number of aromatic amines is 1. The summed E-state index contributed by atoms with van der Waals surface area (Å²) in [5.74, 6) is -0.709. The average Bonchev–Trinajstić information content (AvgIpc) is 2.73. The van der Waals surface area contributed by atoms with Crippen molar-refractivity contribution >= 4 is 12.0 Å². The molecule has 1 heterocycles. The largest absolute Gasteiger partial charge is 0.457 e. The Bertz CT molecular complexity index is 1100. The number of hydrogen-bond donors (Lipinski definition) is 1. The van der Waals surface area contributed by atoms with Crippen LogP contribution >= 0.6 is 0 Å². The molecule has 0 aliphatic carbocycles. The van der Waals surface area contributed by atoms with Crippen LogP contribution in [0.3, 0.4) is 0 Å². The topological polar surface area (TPSA) is 59.2 Å². The first-order valence-electron chi connectivity index (χ1n) is 9.08. The van der Waals surface area contributed by atoms with Crippen molar-refractivity contribution < 1.29 is 22.7 Å². The number of halogens is 3. The monoisotopic (exact) mass is 413 g/mol. The Hall–Kier alpha value is -3.61. The van der Waals surface area contributed by atoms with Crippen LogP contribution < -0.4 is 5.56 Å². The molecule has 2 aromatic carbocycles. The van der Waals surface area contributed by atoms with Crippen LogP contribution in [0.2, 0.25) is 0 Å². The predicted molar refractivity (Wildman–Crippen MR) is 106 cm³/mol. The fourth-order valence-electron chi connectivity index (χ4n) is 2.81. The smallest absolute Gasteiger partial charge is 0.416 e. The molecule has 0 spiro atoms. The zero-order chi connectivity index (χ0) is 21.6. The number of alkyl halides is 3. The van der Waals surface area contributed by atoms with E-state index in [-0.39, 0.29) is 29.7 Å². The van der Waals surface area contributed by atoms with Gasteiger partial charge in [0.25, 0.3) is 5.56 Å². The third-order valence-electron chi connectivity index (χ3n) is 4.31. The van der Waals surface area contributed by atoms with Crippen molar-refractivity contribution in [3.05, 3.63) is 111 Å². The summed E-state index contributed by atoms with van der Waals surface area (Å²) in [5, 5.41) is 0. The van der Waals surface area contributed by atoms with Crippen molar-refractivity contribution in [3.8, 4) is 0 Å². The summed E-state index contributed by atoms with van der Waals surface area (Å²) in [6.07, 6.45) is -1.38. The van der Waals surface area contributed by atoms with Gasteiger partial charge in [0.1, 0.15) is 6.61 Å². The van der Waals surface area contributed by atoms with Gasteiger partial charge in [0.05, 0.1) is 5.56 Å². The number of aromatic nitrogens is 1. The molecule has 0 unspecified atom stereocenters. The van der Waals surface area contributed by atoms with Gasteiger partial charge in [-0.3, -0.25) is 4.79 Å². The third-order valence-corrected chi connectivity index (χ3v) is 4.31. The molecule has 4 nitrogen and oxygen atoms in total. The molecule has 0 aliphatic heterocycles. The molecule has 0 saturated heterocycles. The van der Waals surface area contributed by atoms with Gasteiger partial charge in [0, 0.05) is 23.8 Å². The van der Waals surface area contributed by atoms with Crippen molar-refractivity contribution in [2.75, 3.05) is 0 Å². The molecule has 0 aliphatic rings. The molecule has 0 radical (unpaired) electrons. The highest BCUT2D eigenvalue weighted by molar-refractivity contribution is 5.94. The molecule has 0 bridgehead atoms. The molecule has 154 valence electrons. The first kappa shape index (κ1) is 21.1. The predicted octanol–water partition coefficient (Wildman–Crippen LogP) is 4.76. The zero-order valence-corrected chi connectivity index (χ0v) is 15.8. The quantitative estimate of drug-likeness (QED) is 0.468. The highest BCUT2D eigenvalue weighted by Gasteiger charge is 2.30. The number of rotatable bonds is 6. The van der Waals surface area contributed by atoms with E-state index in [0.29, 0.717) is 5.56 Å². The Morgan fingerprint density at radius 3 is 2.47 bits per heavy atom. The second-order valence-corrected chi connectivity index (χ2v) is 6.56. The first-order valence-corrected chi connectivity index (χ1v) is 9.08. The van der Waals surface area contributed by atoms with E-state index in [1.807, 2.05) is 6.07 Å². The van der Waals surface area contributed by atoms with E-state index in [2.05, 4.69) is 4.98 Å². The molecule has 0 amide bonds. The van der Waals surface area contributed by atoms with Crippen LogP contribution in [-0.2, 0) is 28.7 Å². The molecule has 0 atom stereocenters. The summed E-state index contributed by atoms with van der Waals surface area (Å²) in [4.78, 5) is 27.2. The maximum Gasteiger partial charge on any atom is 0.416 e. The zero-order valence-electron chi connectivity index (χ0n) is 15.8. The van der Waals surface area contributed by atoms with E-state index in [9.17, 15) is 22.8 Å². The Kier molecular flexibility index (Phi) is 6.51. The summed E-state index contributed by atoms with van der Waals surface area (Å²) in [6.45, 7) is -0.319. The fourth-order valence-corrected chi connectivity index (χ4v) is 2.81. The van der Waals surface area contributed by atoms with Crippen LogP contribution in [-0.4, -0.2) is 11.0 Å². The van der Waals surface area contributed by atoms with Crippen molar-refractivity contribution in [3.63, 3.8) is 0 Å². The normalized spacial score (nSPS) is 11.9. The van der Waals surface area contributed by atoms with Gasteiger partial charge in [-0.15, -0.1) is 0 Å². The van der Waals surface area contributed by atoms with Crippen molar-refractivity contribution in [1.82, 2.24) is 4.98 Å². The lowest BCUT2D eigenvalue weighted by molar-refractivity contribution is -0.140. The van der Waals surface area contributed by atoms with E-state index >= 15 is 0 Å². The van der Waals surface area contributed by atoms with Crippen molar-refractivity contribution in [2.45, 2.75) is 19.2 Å². The van der Waals surface area contributed by atoms with Gasteiger partial charge < -0.3 is 9.72 Å². The van der Waals surface area contributed by atoms with Crippen molar-refractivity contribution in [2.24, 2.45) is 0 Å². The maximum absolute atomic E-state index is 12.9. The van der Waals surface area contributed by atoms with E-state index in [1.54, 1.807) is 42.5 Å². The van der Waals surface area contributed by atoms with Gasteiger partial charge >= 0.3 is 12.1 Å². The van der Waals surface area contributed by atoms with Gasteiger partial charge in [0.2, 0.25) is 0 Å². The number of ether oxygens (including phenoxy) is 1. The van der Waals surface area contributed by atoms with Crippen LogP contribution in [0.1, 0.15) is 22.3 Å². The van der Waals surface area contributed by atoms with E-state index in [4.69, 9.17) is 4.74 Å². The minimum absolute atomic E-state index is 0.0203. The lowest BCUT2D eigenvalue weighted by Crippen LogP contribution is -2.16. The molecule has 30 heavy (non-hydrogen) atoms. The molecular formula is C23H18F3NO3. The summed E-state index contributed by atoms with van der Waals surface area (Å²) in [6, 6.07) is 16.8. The number of carbonyl (C=O) groups is 1. The number of hydrogen-bond acceptors (Lipinski definition) is 3. The van der Waals surface area contributed by atoms with Gasteiger partial charge in [-0.25, -0.2) is 4.79 Å². The average molecular weight is 413 g/mol. The fraction of sp³-hybridized carbons (Fsp3) is 0.130. The van der Waals surface area contributed by atoms with Crippen LogP contribution in [0.5, 0.6) is 0 Å². The van der Waals surface area contributed by atoms with Crippen LogP contribution in [0.4, 0.5) is 13.2 Å². The van der Waals surface area contributed by atoms with E-state index in [1.165, 1.54) is 18.3 Å². The Balaban J connectivity index is 1.81. The summed E-state index contributed by atoms with van der Waals surface area (Å²) >= 11 is 0. The highest BCUT2D eigenvalue weighted by Crippen LogP contribution is 2.29. The maximum atomic E-state index is 12.9. The van der Waals surface area contributed by atoms with Crippen LogP contribution in [0, 0.1) is 0 Å². The molecule has 7 heteroatoms. The van der Waals surface area contributed by atoms with Crippen molar-refractivity contribution in [1.29, 1.82) is 0 Å². The van der Waals surface area contributed by atoms with E-state index in [0.717, 1.165) is 17.7 Å². The number of nitrogens with one attached hydrogen (secondary N) is 1. The Morgan fingerprint density at radius 2 is 1.77 bits per heavy atom. The van der Waals surface area contributed by atoms with Gasteiger partial charge in [-0.2, -0.15) is 13.2 Å². The summed E-state index contributed by atoms with van der Waals surface area (Å²) < 4.78 is 43.9. The number of carbonyl (C=O) groups excluding carboxylic acids is 1. The molecule has 3 aromatic rings. The summed E-state index contributed by atoms with van der Waals surface area (Å²) in [7, 11) is 0. The number of benzene rings is 2. The minimum atomic E-state index is -4.48. The lowest BCUT2D eigenvalue weighted by atomic mass is 10.0. The number of pyridine rings is 1. The van der Waals surface area contributed by atoms with E-state index < -0.39 is 17.7 Å². The number of esters is 1. The standard InChI is InChI=1S/C23H18F3NO3/c24-23(25,26)20-10-4-8-17(13-20)15-30-22(29)19(12-16-6-2-1-3-7-16)14-18-9-5-11-27-21(18)28/h1-13H,14-15H2,(H,27,28). The van der Waals surface area contributed by atoms with Crippen LogP contribution in [0.25, 0.3) is 6.08 Å². The minimum Gasteiger partial charge on any atom is -0.457 e. The van der Waals surface area contributed by atoms with Gasteiger partial charge in [-0.1, -0.05) is 48.5 Å². The second kappa shape index (κ2) is 9.26. The molecule has 0 fully saturated rings. The molecule has 3 rings (SSSR count). The third kappa shape index (κ3) is 5.70.